The van der Waals surface area contributed by atoms with Gasteiger partial charge in [-0.05, 0) is 13.0 Å². The summed E-state index contributed by atoms with van der Waals surface area (Å²) in [6, 6.07) is 3.36. The number of pyridine rings is 1. The van der Waals surface area contributed by atoms with Crippen LogP contribution in [0.5, 0.6) is 0 Å². The normalized spacial score (nSPS) is 15.3. The largest absolute Gasteiger partial charge is 0.336 e. The molecule has 1 saturated heterocycles. The van der Waals surface area contributed by atoms with Gasteiger partial charge >= 0.3 is 0 Å². The fourth-order valence-electron chi connectivity index (χ4n) is 1.97. The van der Waals surface area contributed by atoms with E-state index in [9.17, 15) is 4.79 Å². The van der Waals surface area contributed by atoms with E-state index >= 15 is 0 Å². The Kier molecular flexibility index (Phi) is 3.80. The quantitative estimate of drug-likeness (QED) is 0.820. The van der Waals surface area contributed by atoms with Gasteiger partial charge in [-0.15, -0.1) is 0 Å². The van der Waals surface area contributed by atoms with Crippen LogP contribution in [0.2, 0.25) is 5.02 Å². The number of hydrogen-bond donors (Lipinski definition) is 1. The van der Waals surface area contributed by atoms with Crippen molar-refractivity contribution < 1.29 is 4.79 Å². The summed E-state index contributed by atoms with van der Waals surface area (Å²) in [5.41, 5.74) is 1.13. The molecular weight excluding hydrogens is 252 g/mol. The van der Waals surface area contributed by atoms with Crippen LogP contribution in [0.1, 0.15) is 21.7 Å². The molecular formula is C12H13ClN4O. The van der Waals surface area contributed by atoms with E-state index in [1.54, 1.807) is 11.8 Å². The lowest BCUT2D eigenvalue weighted by atomic mass is 10.1. The minimum Gasteiger partial charge on any atom is -0.336 e. The van der Waals surface area contributed by atoms with Crippen LogP contribution in [0, 0.1) is 18.3 Å². The van der Waals surface area contributed by atoms with Crippen LogP contribution in [0.3, 0.4) is 0 Å². The molecule has 0 aromatic carbocycles. The maximum absolute atomic E-state index is 12.3. The Hall–Kier alpha value is -1.64. The van der Waals surface area contributed by atoms with Crippen molar-refractivity contribution in [3.8, 4) is 6.07 Å². The highest BCUT2D eigenvalue weighted by Gasteiger charge is 2.23. The first-order valence-corrected chi connectivity index (χ1v) is 6.08. The summed E-state index contributed by atoms with van der Waals surface area (Å²) in [5, 5.41) is 12.3. The predicted molar refractivity (Wildman–Crippen MR) is 67.5 cm³/mol. The van der Waals surface area contributed by atoms with Gasteiger partial charge in [-0.2, -0.15) is 5.26 Å². The first-order valence-electron chi connectivity index (χ1n) is 5.70. The summed E-state index contributed by atoms with van der Waals surface area (Å²) in [5.74, 6) is -0.115. The first-order chi connectivity index (χ1) is 8.63. The Labute approximate surface area is 110 Å². The zero-order valence-corrected chi connectivity index (χ0v) is 10.8. The predicted octanol–water partition coefficient (Wildman–Crippen LogP) is 0.960. The zero-order chi connectivity index (χ0) is 13.1. The smallest absolute Gasteiger partial charge is 0.257 e. The van der Waals surface area contributed by atoms with E-state index in [1.165, 1.54) is 6.07 Å². The highest BCUT2D eigenvalue weighted by atomic mass is 35.5. The fourth-order valence-corrected chi connectivity index (χ4v) is 2.30. The Morgan fingerprint density at radius 2 is 2.22 bits per heavy atom. The number of aromatic nitrogens is 1. The lowest BCUT2D eigenvalue weighted by molar-refractivity contribution is 0.0734. The second-order valence-corrected chi connectivity index (χ2v) is 4.51. The molecule has 0 bridgehead atoms. The number of nitriles is 1. The topological polar surface area (TPSA) is 69.0 Å². The van der Waals surface area contributed by atoms with Gasteiger partial charge in [0, 0.05) is 26.2 Å². The van der Waals surface area contributed by atoms with Gasteiger partial charge in [-0.25, -0.2) is 4.98 Å². The summed E-state index contributed by atoms with van der Waals surface area (Å²) in [7, 11) is 0. The lowest BCUT2D eigenvalue weighted by Crippen LogP contribution is -2.46. The SMILES string of the molecule is Cc1nc(C#N)cc(Cl)c1C(=O)N1CCNCC1. The second kappa shape index (κ2) is 5.34. The number of carbonyl (C=O) groups is 1. The molecule has 1 aromatic rings. The van der Waals surface area contributed by atoms with Gasteiger partial charge in [-0.3, -0.25) is 4.79 Å². The highest BCUT2D eigenvalue weighted by molar-refractivity contribution is 6.34. The molecule has 0 atom stereocenters. The Morgan fingerprint density at radius 3 is 2.78 bits per heavy atom. The molecule has 0 aliphatic carbocycles. The summed E-state index contributed by atoms with van der Waals surface area (Å²) in [6.07, 6.45) is 0. The van der Waals surface area contributed by atoms with Crippen molar-refractivity contribution in [1.82, 2.24) is 15.2 Å². The van der Waals surface area contributed by atoms with Gasteiger partial charge in [0.1, 0.15) is 11.8 Å². The molecule has 1 aliphatic heterocycles. The zero-order valence-electron chi connectivity index (χ0n) is 10.0. The third kappa shape index (κ3) is 2.45. The van der Waals surface area contributed by atoms with Crippen LogP contribution in [0.25, 0.3) is 0 Å². The third-order valence-corrected chi connectivity index (χ3v) is 3.18. The van der Waals surface area contributed by atoms with Crippen molar-refractivity contribution >= 4 is 17.5 Å². The van der Waals surface area contributed by atoms with Gasteiger partial charge < -0.3 is 10.2 Å². The number of aryl methyl sites for hydroxylation is 1. The molecule has 0 saturated carbocycles. The van der Waals surface area contributed by atoms with Crippen molar-refractivity contribution in [2.75, 3.05) is 26.2 Å². The molecule has 5 nitrogen and oxygen atoms in total. The molecule has 1 aliphatic rings. The molecule has 0 spiro atoms. The van der Waals surface area contributed by atoms with Crippen LogP contribution in [0.4, 0.5) is 0 Å². The number of amides is 1. The average Bonchev–Trinajstić information content (AvgIpc) is 2.38. The molecule has 1 N–H and O–H groups in total. The molecule has 1 aromatic heterocycles. The van der Waals surface area contributed by atoms with E-state index in [0.717, 1.165) is 13.1 Å². The monoisotopic (exact) mass is 264 g/mol. The standard InChI is InChI=1S/C12H13ClN4O/c1-8-11(10(13)6-9(7-14)16-8)12(18)17-4-2-15-3-5-17/h6,15H,2-5H2,1H3. The maximum atomic E-state index is 12.3. The molecule has 1 amide bonds. The van der Waals surface area contributed by atoms with E-state index in [0.29, 0.717) is 29.4 Å². The fraction of sp³-hybridized carbons (Fsp3) is 0.417. The number of halogens is 1. The van der Waals surface area contributed by atoms with Gasteiger partial charge in [0.15, 0.2) is 0 Å². The van der Waals surface area contributed by atoms with Crippen molar-refractivity contribution in [3.05, 3.63) is 28.0 Å². The van der Waals surface area contributed by atoms with E-state index in [1.807, 2.05) is 6.07 Å². The number of hydrogen-bond acceptors (Lipinski definition) is 4. The van der Waals surface area contributed by atoms with Crippen molar-refractivity contribution in [1.29, 1.82) is 5.26 Å². The molecule has 6 heteroatoms. The van der Waals surface area contributed by atoms with Crippen LogP contribution >= 0.6 is 11.6 Å². The van der Waals surface area contributed by atoms with Crippen molar-refractivity contribution in [2.24, 2.45) is 0 Å². The number of rotatable bonds is 1. The lowest BCUT2D eigenvalue weighted by Gasteiger charge is -2.28. The Bertz CT molecular complexity index is 494. The summed E-state index contributed by atoms with van der Waals surface area (Å²) in [6.45, 7) is 4.59. The van der Waals surface area contributed by atoms with Gasteiger partial charge in [0.2, 0.25) is 0 Å². The molecule has 0 unspecified atom stereocenters. The molecule has 2 heterocycles. The van der Waals surface area contributed by atoms with E-state index < -0.39 is 0 Å². The average molecular weight is 265 g/mol. The summed E-state index contributed by atoms with van der Waals surface area (Å²) < 4.78 is 0. The van der Waals surface area contributed by atoms with Gasteiger partial charge in [0.05, 0.1) is 16.3 Å². The van der Waals surface area contributed by atoms with Crippen LogP contribution in [0.15, 0.2) is 6.07 Å². The van der Waals surface area contributed by atoms with E-state index in [-0.39, 0.29) is 11.6 Å². The van der Waals surface area contributed by atoms with Crippen LogP contribution in [-0.2, 0) is 0 Å². The number of nitrogens with one attached hydrogen (secondary N) is 1. The van der Waals surface area contributed by atoms with Crippen molar-refractivity contribution in [3.63, 3.8) is 0 Å². The maximum Gasteiger partial charge on any atom is 0.257 e. The minimum absolute atomic E-state index is 0.115. The molecule has 94 valence electrons. The van der Waals surface area contributed by atoms with Gasteiger partial charge in [-0.1, -0.05) is 11.6 Å². The number of carbonyl (C=O) groups excluding carboxylic acids is 1. The molecule has 2 rings (SSSR count). The number of nitrogens with zero attached hydrogens (tertiary/aromatic N) is 3. The molecule has 18 heavy (non-hydrogen) atoms. The highest BCUT2D eigenvalue weighted by Crippen LogP contribution is 2.21. The van der Waals surface area contributed by atoms with Gasteiger partial charge in [0.25, 0.3) is 5.91 Å². The van der Waals surface area contributed by atoms with Crippen LogP contribution < -0.4 is 5.32 Å². The molecule has 1 fully saturated rings. The summed E-state index contributed by atoms with van der Waals surface area (Å²) in [4.78, 5) is 18.1. The number of piperazine rings is 1. The van der Waals surface area contributed by atoms with Crippen LogP contribution in [-0.4, -0.2) is 42.0 Å². The first kappa shape index (κ1) is 12.8. The van der Waals surface area contributed by atoms with E-state index in [4.69, 9.17) is 16.9 Å². The third-order valence-electron chi connectivity index (χ3n) is 2.88. The summed E-state index contributed by atoms with van der Waals surface area (Å²) >= 11 is 6.07. The Morgan fingerprint density at radius 1 is 1.56 bits per heavy atom. The minimum atomic E-state index is -0.115. The van der Waals surface area contributed by atoms with E-state index in [2.05, 4.69) is 10.3 Å². The Balaban J connectivity index is 2.33. The second-order valence-electron chi connectivity index (χ2n) is 4.10. The molecule has 0 radical (unpaired) electrons. The van der Waals surface area contributed by atoms with Crippen molar-refractivity contribution in [2.45, 2.75) is 6.92 Å².